The van der Waals surface area contributed by atoms with Crippen LogP contribution in [-0.4, -0.2) is 27.0 Å². The fourth-order valence-corrected chi connectivity index (χ4v) is 4.67. The second-order valence-electron chi connectivity index (χ2n) is 9.41. The molecule has 0 saturated carbocycles. The zero-order valence-corrected chi connectivity index (χ0v) is 23.3. The molecule has 3 heterocycles. The Morgan fingerprint density at radius 1 is 0.927 bits per heavy atom. The molecule has 6 nitrogen and oxygen atoms in total. The summed E-state index contributed by atoms with van der Waals surface area (Å²) in [6, 6.07) is 20.2. The van der Waals surface area contributed by atoms with Gasteiger partial charge in [-0.3, -0.25) is 9.97 Å². The van der Waals surface area contributed by atoms with Crippen LogP contribution < -0.4 is 10.6 Å². The molecule has 41 heavy (non-hydrogen) atoms. The number of anilines is 1. The number of aromatic nitrogens is 4. The van der Waals surface area contributed by atoms with Gasteiger partial charge < -0.3 is 15.6 Å². The average molecular weight is 537 g/mol. The summed E-state index contributed by atoms with van der Waals surface area (Å²) in [5.41, 5.74) is 11.0. The van der Waals surface area contributed by atoms with Gasteiger partial charge >= 0.3 is 0 Å². The first-order valence-corrected chi connectivity index (χ1v) is 13.3. The van der Waals surface area contributed by atoms with Crippen LogP contribution in [0.2, 0.25) is 0 Å². The molecule has 6 heteroatoms. The number of hydrogen-bond donors (Lipinski definition) is 3. The predicted molar refractivity (Wildman–Crippen MR) is 172 cm³/mol. The lowest BCUT2D eigenvalue weighted by Crippen LogP contribution is -2.09. The van der Waals surface area contributed by atoms with Gasteiger partial charge in [0, 0.05) is 59.4 Å². The number of H-pyrrole nitrogens is 1. The van der Waals surface area contributed by atoms with Gasteiger partial charge in [-0.05, 0) is 65.6 Å². The van der Waals surface area contributed by atoms with Crippen molar-refractivity contribution in [3.63, 3.8) is 0 Å². The van der Waals surface area contributed by atoms with Crippen molar-refractivity contribution in [2.75, 3.05) is 12.4 Å². The number of imidazole rings is 1. The smallest absolute Gasteiger partial charge is 0.138 e. The molecule has 2 aromatic carbocycles. The highest BCUT2D eigenvalue weighted by atomic mass is 14.9. The maximum atomic E-state index is 4.96. The van der Waals surface area contributed by atoms with Crippen molar-refractivity contribution in [3.8, 4) is 11.1 Å². The third-order valence-electron chi connectivity index (χ3n) is 6.88. The van der Waals surface area contributed by atoms with Gasteiger partial charge in [0.15, 0.2) is 0 Å². The van der Waals surface area contributed by atoms with E-state index in [0.717, 1.165) is 67.1 Å². The summed E-state index contributed by atoms with van der Waals surface area (Å²) in [5.74, 6) is 0.683. The molecule has 0 saturated heterocycles. The molecule has 0 unspecified atom stereocenters. The van der Waals surface area contributed by atoms with Crippen LogP contribution in [0.3, 0.4) is 0 Å². The monoisotopic (exact) mass is 536 g/mol. The lowest BCUT2D eigenvalue weighted by Gasteiger charge is -2.15. The largest absolute Gasteiger partial charge is 0.388 e. The number of allylic oxidation sites excluding steroid dienone is 4. The number of hydrogen-bond acceptors (Lipinski definition) is 5. The molecule has 0 aliphatic carbocycles. The van der Waals surface area contributed by atoms with E-state index in [-0.39, 0.29) is 0 Å². The Kier molecular flexibility index (Phi) is 8.02. The summed E-state index contributed by atoms with van der Waals surface area (Å²) in [5, 5.41) is 6.69. The maximum Gasteiger partial charge on any atom is 0.138 e. The molecule has 0 amide bonds. The van der Waals surface area contributed by atoms with E-state index in [1.165, 1.54) is 0 Å². The zero-order chi connectivity index (χ0) is 28.8. The Bertz CT molecular complexity index is 1790. The highest BCUT2D eigenvalue weighted by Crippen LogP contribution is 2.33. The quantitative estimate of drug-likeness (QED) is 0.158. The summed E-state index contributed by atoms with van der Waals surface area (Å²) in [6.07, 6.45) is 13.1. The number of nitrogens with one attached hydrogen (secondary N) is 3. The molecule has 5 rings (SSSR count). The Hall–Kier alpha value is -5.49. The van der Waals surface area contributed by atoms with Gasteiger partial charge in [-0.2, -0.15) is 0 Å². The maximum absolute atomic E-state index is 4.96. The summed E-state index contributed by atoms with van der Waals surface area (Å²) < 4.78 is 0. The van der Waals surface area contributed by atoms with Crippen LogP contribution in [0.25, 0.3) is 39.0 Å². The second kappa shape index (κ2) is 12.1. The third-order valence-corrected chi connectivity index (χ3v) is 6.88. The molecule has 3 N–H and O–H groups in total. The van der Waals surface area contributed by atoms with Crippen LogP contribution in [0.15, 0.2) is 129 Å². The van der Waals surface area contributed by atoms with Crippen LogP contribution in [0, 0.1) is 0 Å². The molecule has 0 fully saturated rings. The molecule has 5 aromatic rings. The van der Waals surface area contributed by atoms with E-state index in [1.54, 1.807) is 24.7 Å². The third kappa shape index (κ3) is 5.77. The first-order valence-electron chi connectivity index (χ1n) is 13.3. The van der Waals surface area contributed by atoms with Crippen molar-refractivity contribution in [1.29, 1.82) is 0 Å². The summed E-state index contributed by atoms with van der Waals surface area (Å²) in [4.78, 5) is 16.9. The van der Waals surface area contributed by atoms with Gasteiger partial charge in [0.05, 0.1) is 17.2 Å². The topological polar surface area (TPSA) is 78.5 Å². The highest BCUT2D eigenvalue weighted by Gasteiger charge is 2.16. The summed E-state index contributed by atoms with van der Waals surface area (Å²) in [7, 11) is 1.90. The lowest BCUT2D eigenvalue weighted by molar-refractivity contribution is 1.14. The standard InChI is InChI=1S/C35H32N6/c1-6-25(19-29(7-2)39-24(4)26-11-9-8-10-12-26)28-13-14-32(36-5)30(20-28)23(3)35-40-33-22-38-21-31(34(33)41-35)27-15-17-37-18-16-27/h6-22,36,39H,2-4H2,1,5H3,(H,40,41)/b25-6+,29-19+. The van der Waals surface area contributed by atoms with Crippen LogP contribution in [0.4, 0.5) is 5.69 Å². The van der Waals surface area contributed by atoms with Crippen LogP contribution in [0.1, 0.15) is 29.4 Å². The Morgan fingerprint density at radius 2 is 1.71 bits per heavy atom. The van der Waals surface area contributed by atoms with E-state index in [9.17, 15) is 0 Å². The zero-order valence-electron chi connectivity index (χ0n) is 23.3. The summed E-state index contributed by atoms with van der Waals surface area (Å²) >= 11 is 0. The molecular formula is C35H32N6. The number of nitrogens with zero attached hydrogens (tertiary/aromatic N) is 3. The first kappa shape index (κ1) is 27.1. The van der Waals surface area contributed by atoms with Crippen molar-refractivity contribution in [2.24, 2.45) is 0 Å². The van der Waals surface area contributed by atoms with Crippen LogP contribution in [-0.2, 0) is 0 Å². The van der Waals surface area contributed by atoms with E-state index in [1.807, 2.05) is 62.6 Å². The first-order chi connectivity index (χ1) is 20.0. The highest BCUT2D eigenvalue weighted by molar-refractivity contribution is 5.94. The molecule has 0 bridgehead atoms. The lowest BCUT2D eigenvalue weighted by atomic mass is 9.96. The minimum atomic E-state index is 0.683. The summed E-state index contributed by atoms with van der Waals surface area (Å²) in [6.45, 7) is 14.7. The van der Waals surface area contributed by atoms with Gasteiger partial charge in [0.2, 0.25) is 0 Å². The minimum absolute atomic E-state index is 0.683. The van der Waals surface area contributed by atoms with Crippen molar-refractivity contribution in [2.45, 2.75) is 6.92 Å². The fraction of sp³-hybridized carbons (Fsp3) is 0.0571. The molecule has 0 spiro atoms. The van der Waals surface area contributed by atoms with Crippen LogP contribution in [0.5, 0.6) is 0 Å². The van der Waals surface area contributed by atoms with Crippen molar-refractivity contribution < 1.29 is 0 Å². The number of fused-ring (bicyclic) bond motifs is 1. The van der Waals surface area contributed by atoms with E-state index in [2.05, 4.69) is 75.7 Å². The van der Waals surface area contributed by atoms with Crippen molar-refractivity contribution >= 4 is 33.6 Å². The average Bonchev–Trinajstić information content (AvgIpc) is 3.48. The van der Waals surface area contributed by atoms with Crippen molar-refractivity contribution in [1.82, 2.24) is 25.3 Å². The van der Waals surface area contributed by atoms with E-state index < -0.39 is 0 Å². The van der Waals surface area contributed by atoms with Gasteiger partial charge in [0.25, 0.3) is 0 Å². The van der Waals surface area contributed by atoms with Crippen molar-refractivity contribution in [3.05, 3.63) is 152 Å². The number of benzene rings is 2. The van der Waals surface area contributed by atoms with Gasteiger partial charge in [-0.15, -0.1) is 0 Å². The van der Waals surface area contributed by atoms with E-state index >= 15 is 0 Å². The molecule has 0 aliphatic rings. The molecule has 0 atom stereocenters. The molecule has 0 radical (unpaired) electrons. The van der Waals surface area contributed by atoms with Gasteiger partial charge in [-0.25, -0.2) is 4.98 Å². The van der Waals surface area contributed by atoms with Gasteiger partial charge in [-0.1, -0.05) is 62.2 Å². The fourth-order valence-electron chi connectivity index (χ4n) is 4.67. The normalized spacial score (nSPS) is 11.8. The minimum Gasteiger partial charge on any atom is -0.388 e. The Balaban J connectivity index is 1.48. The molecular weight excluding hydrogens is 504 g/mol. The van der Waals surface area contributed by atoms with Crippen LogP contribution >= 0.6 is 0 Å². The molecule has 202 valence electrons. The number of pyridine rings is 2. The number of aromatic amines is 1. The SMILES string of the molecule is C=C/C(=C\C(=C/C)c1ccc(NC)c(C(=C)c2nc3c(-c4ccncc4)cncc3[nH]2)c1)NC(=C)c1ccccc1. The molecule has 3 aromatic heterocycles. The number of rotatable bonds is 10. The van der Waals surface area contributed by atoms with E-state index in [4.69, 9.17) is 4.98 Å². The second-order valence-corrected chi connectivity index (χ2v) is 9.41. The van der Waals surface area contributed by atoms with E-state index in [0.29, 0.717) is 5.82 Å². The predicted octanol–water partition coefficient (Wildman–Crippen LogP) is 7.86. The van der Waals surface area contributed by atoms with Gasteiger partial charge in [0.1, 0.15) is 5.82 Å². The molecule has 0 aliphatic heterocycles. The Morgan fingerprint density at radius 3 is 2.41 bits per heavy atom. The Labute approximate surface area is 240 Å².